The van der Waals surface area contributed by atoms with E-state index in [1.54, 1.807) is 0 Å². The van der Waals surface area contributed by atoms with Gasteiger partial charge in [0.05, 0.1) is 9.99 Å². The van der Waals surface area contributed by atoms with Crippen molar-refractivity contribution in [3.63, 3.8) is 0 Å². The second-order valence-corrected chi connectivity index (χ2v) is 8.02. The monoisotopic (exact) mass is 476 g/mol. The van der Waals surface area contributed by atoms with E-state index in [9.17, 15) is 0 Å². The van der Waals surface area contributed by atoms with Crippen molar-refractivity contribution >= 4 is 64.8 Å². The van der Waals surface area contributed by atoms with Crippen LogP contribution in [0.4, 0.5) is 5.95 Å². The molecule has 112 valence electrons. The number of nitrogens with zero attached hydrogens (tertiary/aromatic N) is 2. The summed E-state index contributed by atoms with van der Waals surface area (Å²) in [5, 5.41) is 7.01. The maximum atomic E-state index is 4.88. The molecule has 1 fully saturated rings. The topological polar surface area (TPSA) is 41.9 Å². The molecule has 0 unspecified atom stereocenters. The van der Waals surface area contributed by atoms with Gasteiger partial charge >= 0.3 is 0 Å². The minimum absolute atomic E-state index is 0.481. The number of benzene rings is 1. The normalized spacial score (nSPS) is 21.2. The second kappa shape index (κ2) is 5.51. The minimum Gasteiger partial charge on any atom is -0.352 e. The molecule has 2 aliphatic rings. The molecule has 0 radical (unpaired) electrons. The molecule has 1 saturated heterocycles. The number of nitrogens with one attached hydrogen (secondary N) is 2. The molecule has 2 N–H and O–H groups in total. The Bertz CT molecular complexity index is 719. The fourth-order valence-corrected chi connectivity index (χ4v) is 5.03. The SMILES string of the molecule is Brc1c(Br)c2c3c(nc(N[C@@H]4CCNC4)n3CCC2)c1Br. The van der Waals surface area contributed by atoms with E-state index in [1.807, 2.05) is 0 Å². The van der Waals surface area contributed by atoms with Crippen molar-refractivity contribution in [2.75, 3.05) is 18.4 Å². The fourth-order valence-electron chi connectivity index (χ4n) is 3.28. The predicted molar refractivity (Wildman–Crippen MR) is 96.1 cm³/mol. The smallest absolute Gasteiger partial charge is 0.204 e. The Morgan fingerprint density at radius 1 is 1.19 bits per heavy atom. The van der Waals surface area contributed by atoms with E-state index in [0.29, 0.717) is 6.04 Å². The Labute approximate surface area is 148 Å². The van der Waals surface area contributed by atoms with Crippen LogP contribution in [0.15, 0.2) is 13.4 Å². The molecule has 0 aliphatic carbocycles. The molecule has 21 heavy (non-hydrogen) atoms. The van der Waals surface area contributed by atoms with Crippen molar-refractivity contribution in [1.82, 2.24) is 14.9 Å². The molecule has 7 heteroatoms. The van der Waals surface area contributed by atoms with Crippen molar-refractivity contribution < 1.29 is 0 Å². The molecule has 2 aromatic rings. The maximum Gasteiger partial charge on any atom is 0.204 e. The van der Waals surface area contributed by atoms with Crippen LogP contribution in [0.5, 0.6) is 0 Å². The third kappa shape index (κ3) is 2.28. The van der Waals surface area contributed by atoms with E-state index in [4.69, 9.17) is 4.98 Å². The number of anilines is 1. The van der Waals surface area contributed by atoms with Gasteiger partial charge in [0.15, 0.2) is 0 Å². The molecule has 0 bridgehead atoms. The maximum absolute atomic E-state index is 4.88. The van der Waals surface area contributed by atoms with Gasteiger partial charge in [0.25, 0.3) is 0 Å². The van der Waals surface area contributed by atoms with E-state index in [1.165, 1.54) is 11.1 Å². The lowest BCUT2D eigenvalue weighted by Gasteiger charge is -2.20. The predicted octanol–water partition coefficient (Wildman–Crippen LogP) is 4.04. The van der Waals surface area contributed by atoms with Crippen molar-refractivity contribution in [2.45, 2.75) is 31.8 Å². The molecule has 0 saturated carbocycles. The van der Waals surface area contributed by atoms with Gasteiger partial charge in [-0.15, -0.1) is 0 Å². The average molecular weight is 479 g/mol. The number of rotatable bonds is 2. The molecular weight excluding hydrogens is 464 g/mol. The molecule has 4 nitrogen and oxygen atoms in total. The van der Waals surface area contributed by atoms with Gasteiger partial charge in [-0.05, 0) is 79.2 Å². The van der Waals surface area contributed by atoms with Crippen LogP contribution in [0, 0.1) is 0 Å². The summed E-state index contributed by atoms with van der Waals surface area (Å²) < 4.78 is 5.58. The highest BCUT2D eigenvalue weighted by atomic mass is 79.9. The Hall–Kier alpha value is -0.110. The van der Waals surface area contributed by atoms with Gasteiger partial charge in [-0.25, -0.2) is 4.98 Å². The second-order valence-electron chi connectivity index (χ2n) is 5.64. The number of aryl methyl sites for hydroxylation is 2. The number of halogens is 3. The van der Waals surface area contributed by atoms with Gasteiger partial charge in [0, 0.05) is 28.1 Å². The highest BCUT2D eigenvalue weighted by Gasteiger charge is 2.26. The first kappa shape index (κ1) is 14.5. The largest absolute Gasteiger partial charge is 0.352 e. The number of hydrogen-bond donors (Lipinski definition) is 2. The summed E-state index contributed by atoms with van der Waals surface area (Å²) >= 11 is 11.1. The molecule has 0 amide bonds. The van der Waals surface area contributed by atoms with Crippen LogP contribution >= 0.6 is 47.8 Å². The van der Waals surface area contributed by atoms with Gasteiger partial charge in [-0.3, -0.25) is 0 Å². The van der Waals surface area contributed by atoms with E-state index >= 15 is 0 Å². The van der Waals surface area contributed by atoms with E-state index in [0.717, 1.165) is 63.8 Å². The molecule has 4 rings (SSSR count). The minimum atomic E-state index is 0.481. The van der Waals surface area contributed by atoms with Crippen LogP contribution in [0.2, 0.25) is 0 Å². The van der Waals surface area contributed by atoms with Crippen LogP contribution in [0.3, 0.4) is 0 Å². The summed E-state index contributed by atoms with van der Waals surface area (Å²) in [7, 11) is 0. The highest BCUT2D eigenvalue weighted by molar-refractivity contribution is 9.14. The van der Waals surface area contributed by atoms with Crippen molar-refractivity contribution in [1.29, 1.82) is 0 Å². The van der Waals surface area contributed by atoms with Crippen LogP contribution in [-0.2, 0) is 13.0 Å². The Kier molecular flexibility index (Phi) is 3.80. The van der Waals surface area contributed by atoms with Gasteiger partial charge in [-0.2, -0.15) is 0 Å². The summed E-state index contributed by atoms with van der Waals surface area (Å²) in [5.74, 6) is 1.00. The molecule has 1 aromatic heterocycles. The van der Waals surface area contributed by atoms with Crippen molar-refractivity contribution in [2.24, 2.45) is 0 Å². The summed E-state index contributed by atoms with van der Waals surface area (Å²) in [6.45, 7) is 3.14. The highest BCUT2D eigenvalue weighted by Crippen LogP contribution is 2.43. The van der Waals surface area contributed by atoms with Gasteiger partial charge in [-0.1, -0.05) is 0 Å². The Morgan fingerprint density at radius 2 is 2.05 bits per heavy atom. The lowest BCUT2D eigenvalue weighted by molar-refractivity contribution is 0.627. The Morgan fingerprint density at radius 3 is 2.81 bits per heavy atom. The van der Waals surface area contributed by atoms with Crippen LogP contribution in [-0.4, -0.2) is 28.7 Å². The number of imidazole rings is 1. The third-order valence-corrected chi connectivity index (χ3v) is 7.82. The first-order valence-corrected chi connectivity index (χ1v) is 9.57. The lowest BCUT2D eigenvalue weighted by Crippen LogP contribution is -2.24. The van der Waals surface area contributed by atoms with Crippen molar-refractivity contribution in [3.05, 3.63) is 19.0 Å². The summed E-state index contributed by atoms with van der Waals surface area (Å²) in [6, 6.07) is 0.481. The molecule has 0 spiro atoms. The number of aromatic nitrogens is 2. The van der Waals surface area contributed by atoms with Crippen LogP contribution < -0.4 is 10.6 Å². The average Bonchev–Trinajstić information content (AvgIpc) is 3.12. The van der Waals surface area contributed by atoms with E-state index in [2.05, 4.69) is 63.0 Å². The molecule has 2 aliphatic heterocycles. The zero-order valence-corrected chi connectivity index (χ0v) is 16.1. The Balaban J connectivity index is 1.90. The standard InChI is InChI=1S/C14H15Br3N4/c15-9-8-2-1-5-21-13(8)12(11(17)10(9)16)20-14(21)19-7-3-4-18-6-7/h7,18H,1-6H2,(H,19,20)/t7-/m1/s1. The lowest BCUT2D eigenvalue weighted by atomic mass is 10.0. The molecule has 3 heterocycles. The van der Waals surface area contributed by atoms with Crippen LogP contribution in [0.1, 0.15) is 18.4 Å². The van der Waals surface area contributed by atoms with Gasteiger partial charge in [0.2, 0.25) is 5.95 Å². The van der Waals surface area contributed by atoms with Gasteiger partial charge in [0.1, 0.15) is 5.52 Å². The summed E-state index contributed by atoms with van der Waals surface area (Å²) in [5.41, 5.74) is 3.67. The van der Waals surface area contributed by atoms with Crippen LogP contribution in [0.25, 0.3) is 11.0 Å². The van der Waals surface area contributed by atoms with E-state index < -0.39 is 0 Å². The first-order chi connectivity index (χ1) is 10.2. The van der Waals surface area contributed by atoms with E-state index in [-0.39, 0.29) is 0 Å². The molecule has 1 atom stereocenters. The van der Waals surface area contributed by atoms with Gasteiger partial charge < -0.3 is 15.2 Å². The fraction of sp³-hybridized carbons (Fsp3) is 0.500. The first-order valence-electron chi connectivity index (χ1n) is 7.19. The third-order valence-electron chi connectivity index (χ3n) is 4.31. The molecular formula is C14H15Br3N4. The van der Waals surface area contributed by atoms with Crippen molar-refractivity contribution in [3.8, 4) is 0 Å². The summed E-state index contributed by atoms with van der Waals surface area (Å²) in [6.07, 6.45) is 3.41. The number of hydrogen-bond acceptors (Lipinski definition) is 3. The summed E-state index contributed by atoms with van der Waals surface area (Å²) in [4.78, 5) is 4.88. The molecule has 1 aromatic carbocycles. The quantitative estimate of drug-likeness (QED) is 0.640. The zero-order chi connectivity index (χ0) is 14.6. The zero-order valence-electron chi connectivity index (χ0n) is 11.3.